The molecule has 24 heavy (non-hydrogen) atoms. The summed E-state index contributed by atoms with van der Waals surface area (Å²) in [6.07, 6.45) is 2.14. The van der Waals surface area contributed by atoms with E-state index in [0.29, 0.717) is 6.04 Å². The fourth-order valence-electron chi connectivity index (χ4n) is 3.73. The lowest BCUT2D eigenvalue weighted by Gasteiger charge is -2.40. The van der Waals surface area contributed by atoms with Gasteiger partial charge >= 0.3 is 0 Å². The van der Waals surface area contributed by atoms with Crippen molar-refractivity contribution in [2.75, 3.05) is 45.9 Å². The zero-order chi connectivity index (χ0) is 16.9. The van der Waals surface area contributed by atoms with Crippen LogP contribution in [0.5, 0.6) is 0 Å². The average molecular weight is 340 g/mol. The lowest BCUT2D eigenvalue weighted by atomic mass is 9.99. The van der Waals surface area contributed by atoms with Gasteiger partial charge in [0.2, 0.25) is 0 Å². The van der Waals surface area contributed by atoms with Gasteiger partial charge in [0.15, 0.2) is 0 Å². The van der Waals surface area contributed by atoms with E-state index in [9.17, 15) is 13.9 Å². The molecule has 1 N–H and O–H groups in total. The Hall–Kier alpha value is -1.08. The normalized spacial score (nSPS) is 24.9. The van der Waals surface area contributed by atoms with Crippen molar-refractivity contribution < 1.29 is 18.6 Å². The van der Waals surface area contributed by atoms with Crippen LogP contribution in [0, 0.1) is 11.6 Å². The van der Waals surface area contributed by atoms with E-state index in [4.69, 9.17) is 4.74 Å². The summed E-state index contributed by atoms with van der Waals surface area (Å²) < 4.78 is 33.2. The van der Waals surface area contributed by atoms with E-state index < -0.39 is 17.7 Å². The van der Waals surface area contributed by atoms with Crippen molar-refractivity contribution in [3.05, 3.63) is 35.4 Å². The van der Waals surface area contributed by atoms with Gasteiger partial charge in [-0.2, -0.15) is 0 Å². The summed E-state index contributed by atoms with van der Waals surface area (Å²) in [6.45, 7) is 5.43. The third-order valence-electron chi connectivity index (χ3n) is 5.06. The number of morpholine rings is 1. The molecule has 2 aliphatic heterocycles. The number of halogens is 2. The molecule has 0 saturated carbocycles. The molecule has 3 rings (SSSR count). The van der Waals surface area contributed by atoms with Gasteiger partial charge in [0.25, 0.3) is 0 Å². The smallest absolute Gasteiger partial charge is 0.131 e. The lowest BCUT2D eigenvalue weighted by Crippen LogP contribution is -2.50. The Labute approximate surface area is 142 Å². The van der Waals surface area contributed by atoms with Crippen LogP contribution >= 0.6 is 0 Å². The highest BCUT2D eigenvalue weighted by Crippen LogP contribution is 2.25. The molecule has 0 amide bonds. The van der Waals surface area contributed by atoms with Crippen LogP contribution in [0.2, 0.25) is 0 Å². The SMILES string of the molecule is OC(CN1CCCCC1CN1CCOCC1)c1c(F)cccc1F. The average Bonchev–Trinajstić information content (AvgIpc) is 2.57. The van der Waals surface area contributed by atoms with Gasteiger partial charge in [0, 0.05) is 32.2 Å². The van der Waals surface area contributed by atoms with Gasteiger partial charge in [0.05, 0.1) is 24.9 Å². The quantitative estimate of drug-likeness (QED) is 0.891. The summed E-state index contributed by atoms with van der Waals surface area (Å²) >= 11 is 0. The number of aliphatic hydroxyl groups excluding tert-OH is 1. The minimum Gasteiger partial charge on any atom is -0.387 e. The largest absolute Gasteiger partial charge is 0.387 e. The highest BCUT2D eigenvalue weighted by molar-refractivity contribution is 5.22. The molecule has 0 spiro atoms. The standard InChI is InChI=1S/C18H26F2N2O2/c19-15-5-3-6-16(20)18(15)17(23)13-22-7-2-1-4-14(22)12-21-8-10-24-11-9-21/h3,5-6,14,17,23H,1-2,4,7-13H2. The number of piperidine rings is 1. The molecule has 0 radical (unpaired) electrons. The zero-order valence-electron chi connectivity index (χ0n) is 14.0. The number of benzene rings is 1. The second-order valence-electron chi connectivity index (χ2n) is 6.71. The van der Waals surface area contributed by atoms with E-state index >= 15 is 0 Å². The first-order valence-corrected chi connectivity index (χ1v) is 8.81. The Kier molecular flexibility index (Phi) is 6.16. The number of β-amino-alcohol motifs (C(OH)–C–C–N with tert-alkyl or cyclic N) is 1. The van der Waals surface area contributed by atoms with Crippen molar-refractivity contribution in [1.82, 2.24) is 9.80 Å². The fourth-order valence-corrected chi connectivity index (χ4v) is 3.73. The molecule has 2 heterocycles. The van der Waals surface area contributed by atoms with Crippen LogP contribution in [-0.2, 0) is 4.74 Å². The molecule has 2 unspecified atom stereocenters. The molecule has 2 atom stereocenters. The van der Waals surface area contributed by atoms with E-state index in [1.807, 2.05) is 0 Å². The van der Waals surface area contributed by atoms with Crippen LogP contribution in [0.15, 0.2) is 18.2 Å². The molecule has 1 aromatic rings. The second kappa shape index (κ2) is 8.34. The minimum absolute atomic E-state index is 0.215. The van der Waals surface area contributed by atoms with Crippen LogP contribution in [0.3, 0.4) is 0 Å². The van der Waals surface area contributed by atoms with Crippen molar-refractivity contribution in [2.24, 2.45) is 0 Å². The van der Waals surface area contributed by atoms with Gasteiger partial charge in [-0.1, -0.05) is 12.5 Å². The van der Waals surface area contributed by atoms with Crippen LogP contribution in [0.4, 0.5) is 8.78 Å². The molecule has 4 nitrogen and oxygen atoms in total. The summed E-state index contributed by atoms with van der Waals surface area (Å²) in [6, 6.07) is 4.04. The van der Waals surface area contributed by atoms with Crippen molar-refractivity contribution in [3.8, 4) is 0 Å². The predicted octanol–water partition coefficient (Wildman–Crippen LogP) is 2.18. The molecule has 0 aliphatic carbocycles. The summed E-state index contributed by atoms with van der Waals surface area (Å²) in [5, 5.41) is 10.4. The molecule has 6 heteroatoms. The van der Waals surface area contributed by atoms with Gasteiger partial charge in [0.1, 0.15) is 11.6 Å². The van der Waals surface area contributed by atoms with Crippen LogP contribution in [0.25, 0.3) is 0 Å². The molecule has 2 aliphatic rings. The summed E-state index contributed by atoms with van der Waals surface area (Å²) in [7, 11) is 0. The fraction of sp³-hybridized carbons (Fsp3) is 0.667. The maximum atomic E-state index is 13.9. The topological polar surface area (TPSA) is 35.9 Å². The zero-order valence-corrected chi connectivity index (χ0v) is 14.0. The predicted molar refractivity (Wildman–Crippen MR) is 87.8 cm³/mol. The van der Waals surface area contributed by atoms with Crippen molar-refractivity contribution in [3.63, 3.8) is 0 Å². The Morgan fingerprint density at radius 2 is 1.83 bits per heavy atom. The molecule has 2 saturated heterocycles. The van der Waals surface area contributed by atoms with Gasteiger partial charge in [-0.15, -0.1) is 0 Å². The number of likely N-dealkylation sites (tertiary alicyclic amines) is 1. The minimum atomic E-state index is -1.14. The maximum absolute atomic E-state index is 13.9. The first-order chi connectivity index (χ1) is 11.6. The van der Waals surface area contributed by atoms with Gasteiger partial charge in [-0.05, 0) is 31.5 Å². The van der Waals surface area contributed by atoms with Crippen molar-refractivity contribution in [2.45, 2.75) is 31.4 Å². The molecule has 1 aromatic carbocycles. The van der Waals surface area contributed by atoms with E-state index in [0.717, 1.165) is 58.7 Å². The number of hydrogen-bond donors (Lipinski definition) is 1. The van der Waals surface area contributed by atoms with E-state index in [-0.39, 0.29) is 12.1 Å². The molecule has 2 fully saturated rings. The highest BCUT2D eigenvalue weighted by Gasteiger charge is 2.28. The van der Waals surface area contributed by atoms with Gasteiger partial charge in [-0.25, -0.2) is 8.78 Å². The summed E-state index contributed by atoms with van der Waals surface area (Å²) in [5.74, 6) is -1.35. The lowest BCUT2D eigenvalue weighted by molar-refractivity contribution is 0.00601. The van der Waals surface area contributed by atoms with E-state index in [1.54, 1.807) is 0 Å². The first-order valence-electron chi connectivity index (χ1n) is 8.81. The third-order valence-corrected chi connectivity index (χ3v) is 5.06. The second-order valence-corrected chi connectivity index (χ2v) is 6.71. The number of nitrogens with zero attached hydrogens (tertiary/aromatic N) is 2. The summed E-state index contributed by atoms with van der Waals surface area (Å²) in [4.78, 5) is 4.57. The molecule has 0 bridgehead atoms. The van der Waals surface area contributed by atoms with E-state index in [1.165, 1.54) is 18.2 Å². The maximum Gasteiger partial charge on any atom is 0.131 e. The monoisotopic (exact) mass is 340 g/mol. The highest BCUT2D eigenvalue weighted by atomic mass is 19.1. The number of rotatable bonds is 5. The Morgan fingerprint density at radius 1 is 1.12 bits per heavy atom. The number of aliphatic hydroxyl groups is 1. The molecular weight excluding hydrogens is 314 g/mol. The summed E-state index contributed by atoms with van der Waals surface area (Å²) in [5.41, 5.74) is -0.215. The van der Waals surface area contributed by atoms with Crippen LogP contribution < -0.4 is 0 Å². The van der Waals surface area contributed by atoms with Gasteiger partial charge < -0.3 is 9.84 Å². The van der Waals surface area contributed by atoms with Crippen molar-refractivity contribution >= 4 is 0 Å². The first kappa shape index (κ1) is 17.7. The molecule has 134 valence electrons. The molecule has 0 aromatic heterocycles. The number of ether oxygens (including phenoxy) is 1. The van der Waals surface area contributed by atoms with Crippen LogP contribution in [0.1, 0.15) is 30.9 Å². The number of hydrogen-bond acceptors (Lipinski definition) is 4. The molecular formula is C18H26F2N2O2. The van der Waals surface area contributed by atoms with Crippen LogP contribution in [-0.4, -0.2) is 66.9 Å². The Bertz CT molecular complexity index is 518. The van der Waals surface area contributed by atoms with Gasteiger partial charge in [-0.3, -0.25) is 9.80 Å². The Morgan fingerprint density at radius 3 is 2.54 bits per heavy atom. The third kappa shape index (κ3) is 4.30. The van der Waals surface area contributed by atoms with Crippen molar-refractivity contribution in [1.29, 1.82) is 0 Å². The Balaban J connectivity index is 1.64. The van der Waals surface area contributed by atoms with E-state index in [2.05, 4.69) is 9.80 Å².